The number of halogens is 3. The van der Waals surface area contributed by atoms with Crippen molar-refractivity contribution in [3.05, 3.63) is 47.5 Å². The number of aromatic nitrogens is 2. The molecule has 0 saturated carbocycles. The highest BCUT2D eigenvalue weighted by Crippen LogP contribution is 2.41. The minimum atomic E-state index is -0.637. The van der Waals surface area contributed by atoms with Gasteiger partial charge in [0.15, 0.2) is 5.82 Å². The molecule has 2 aromatic carbocycles. The monoisotopic (exact) mass is 503 g/mol. The molecule has 184 valence electrons. The largest absolute Gasteiger partial charge is 0.494 e. The Morgan fingerprint density at radius 1 is 1.26 bits per heavy atom. The van der Waals surface area contributed by atoms with E-state index in [0.29, 0.717) is 67.2 Å². The molecule has 2 fully saturated rings. The smallest absolute Gasteiger partial charge is 0.415 e. The van der Waals surface area contributed by atoms with Crippen LogP contribution < -0.4 is 15.0 Å². The predicted octanol–water partition coefficient (Wildman–Crippen LogP) is 4.94. The number of likely N-dealkylation sites (tertiary alicyclic amines) is 1. The number of nitrogens with zero attached hydrogens (tertiary/aromatic N) is 4. The van der Waals surface area contributed by atoms with Crippen molar-refractivity contribution in [2.75, 3.05) is 50.2 Å². The summed E-state index contributed by atoms with van der Waals surface area (Å²) >= 11 is 5.92. The molecule has 0 atom stereocenters. The van der Waals surface area contributed by atoms with Gasteiger partial charge < -0.3 is 19.7 Å². The van der Waals surface area contributed by atoms with Crippen molar-refractivity contribution in [2.45, 2.75) is 18.4 Å². The lowest BCUT2D eigenvalue weighted by Gasteiger charge is -2.37. The highest BCUT2D eigenvalue weighted by atomic mass is 35.5. The molecule has 0 unspecified atom stereocenters. The van der Waals surface area contributed by atoms with Crippen LogP contribution in [0.2, 0.25) is 5.02 Å². The normalized spacial score (nSPS) is 17.7. The van der Waals surface area contributed by atoms with Crippen LogP contribution in [0.4, 0.5) is 30.8 Å². The molecule has 8 nitrogen and oxygen atoms in total. The van der Waals surface area contributed by atoms with Gasteiger partial charge >= 0.3 is 6.09 Å². The lowest BCUT2D eigenvalue weighted by Crippen LogP contribution is -2.47. The Bertz CT molecular complexity index is 1270. The summed E-state index contributed by atoms with van der Waals surface area (Å²) in [6.45, 7) is 1.65. The molecule has 1 aromatic heterocycles. The van der Waals surface area contributed by atoms with E-state index in [9.17, 15) is 13.6 Å². The average Bonchev–Trinajstić information content (AvgIpc) is 3.18. The number of rotatable bonds is 6. The van der Waals surface area contributed by atoms with Crippen molar-refractivity contribution in [1.29, 1.82) is 0 Å². The molecule has 1 spiro atoms. The van der Waals surface area contributed by atoms with Crippen LogP contribution in [-0.2, 0) is 4.74 Å². The SMILES string of the molecule is COc1cc2ncnc(Nc3cccc(Cl)c3F)c2cc1N1CC2(CCN(CCF)CC2)OC1=O. The van der Waals surface area contributed by atoms with Crippen LogP contribution in [0.25, 0.3) is 10.9 Å². The average molecular weight is 504 g/mol. The van der Waals surface area contributed by atoms with E-state index in [1.165, 1.54) is 19.5 Å². The van der Waals surface area contributed by atoms with E-state index in [0.717, 1.165) is 0 Å². The molecule has 11 heteroatoms. The molecule has 1 amide bonds. The van der Waals surface area contributed by atoms with Gasteiger partial charge in [0.2, 0.25) is 0 Å². The fraction of sp³-hybridized carbons (Fsp3) is 0.375. The lowest BCUT2D eigenvalue weighted by atomic mass is 9.91. The van der Waals surface area contributed by atoms with Gasteiger partial charge in [0, 0.05) is 43.9 Å². The van der Waals surface area contributed by atoms with Gasteiger partial charge in [0.25, 0.3) is 0 Å². The minimum absolute atomic E-state index is 0.0154. The number of amides is 1. The van der Waals surface area contributed by atoms with Crippen LogP contribution in [0.3, 0.4) is 0 Å². The number of piperidine rings is 1. The second kappa shape index (κ2) is 9.43. The van der Waals surface area contributed by atoms with Gasteiger partial charge in [-0.2, -0.15) is 0 Å². The van der Waals surface area contributed by atoms with Gasteiger partial charge in [0.1, 0.15) is 30.2 Å². The summed E-state index contributed by atoms with van der Waals surface area (Å²) in [5.74, 6) is 0.195. The summed E-state index contributed by atoms with van der Waals surface area (Å²) in [6, 6.07) is 8.08. The third kappa shape index (κ3) is 4.43. The summed E-state index contributed by atoms with van der Waals surface area (Å²) in [5.41, 5.74) is 0.571. The standard InChI is InChI=1S/C24H24ClF2N5O3/c1-34-20-12-18-15(22(29-14-28-18)30-17-4-2-3-16(25)21(17)27)11-19(20)32-13-24(35-23(32)33)5-8-31(9-6-24)10-7-26/h2-4,11-12,14H,5-10,13H2,1H3,(H,28,29,30). The molecule has 3 heterocycles. The van der Waals surface area contributed by atoms with Gasteiger partial charge in [-0.25, -0.2) is 23.5 Å². The number of alkyl halides is 1. The first-order valence-corrected chi connectivity index (χ1v) is 11.6. The number of benzene rings is 2. The van der Waals surface area contributed by atoms with Crippen LogP contribution in [-0.4, -0.2) is 66.5 Å². The van der Waals surface area contributed by atoms with Crippen molar-refractivity contribution in [3.8, 4) is 5.75 Å². The summed E-state index contributed by atoms with van der Waals surface area (Å²) in [6.07, 6.45) is 2.12. The molecule has 5 rings (SSSR count). The Morgan fingerprint density at radius 2 is 2.06 bits per heavy atom. The van der Waals surface area contributed by atoms with Crippen LogP contribution in [0, 0.1) is 5.82 Å². The number of carbonyl (C=O) groups is 1. The van der Waals surface area contributed by atoms with E-state index in [4.69, 9.17) is 21.1 Å². The molecule has 35 heavy (non-hydrogen) atoms. The van der Waals surface area contributed by atoms with E-state index in [-0.39, 0.29) is 10.7 Å². The van der Waals surface area contributed by atoms with Gasteiger partial charge in [-0.3, -0.25) is 4.90 Å². The molecule has 1 N–H and O–H groups in total. The Labute approximate surface area is 205 Å². The molecule has 3 aromatic rings. The number of hydrogen-bond donors (Lipinski definition) is 1. The van der Waals surface area contributed by atoms with E-state index in [2.05, 4.69) is 15.3 Å². The number of methoxy groups -OCH3 is 1. The maximum atomic E-state index is 14.5. The highest BCUT2D eigenvalue weighted by molar-refractivity contribution is 6.31. The van der Waals surface area contributed by atoms with Gasteiger partial charge in [-0.15, -0.1) is 0 Å². The Hall–Kier alpha value is -3.24. The number of fused-ring (bicyclic) bond motifs is 1. The zero-order valence-corrected chi connectivity index (χ0v) is 19.8. The zero-order valence-electron chi connectivity index (χ0n) is 19.1. The molecule has 0 bridgehead atoms. The van der Waals surface area contributed by atoms with E-state index in [1.807, 2.05) is 4.90 Å². The topological polar surface area (TPSA) is 79.8 Å². The van der Waals surface area contributed by atoms with Gasteiger partial charge in [-0.1, -0.05) is 17.7 Å². The Balaban J connectivity index is 1.49. The van der Waals surface area contributed by atoms with Gasteiger partial charge in [0.05, 0.1) is 35.6 Å². The Morgan fingerprint density at radius 3 is 2.80 bits per heavy atom. The van der Waals surface area contributed by atoms with Crippen molar-refractivity contribution in [2.24, 2.45) is 0 Å². The second-order valence-electron chi connectivity index (χ2n) is 8.66. The number of ether oxygens (including phenoxy) is 2. The quantitative estimate of drug-likeness (QED) is 0.510. The summed E-state index contributed by atoms with van der Waals surface area (Å²) in [4.78, 5) is 25.1. The Kier molecular flexibility index (Phi) is 6.33. The van der Waals surface area contributed by atoms with Crippen molar-refractivity contribution < 1.29 is 23.0 Å². The minimum Gasteiger partial charge on any atom is -0.494 e. The molecule has 2 aliphatic rings. The van der Waals surface area contributed by atoms with E-state index >= 15 is 0 Å². The summed E-state index contributed by atoms with van der Waals surface area (Å²) in [7, 11) is 1.51. The fourth-order valence-corrected chi connectivity index (χ4v) is 4.82. The third-order valence-corrected chi connectivity index (χ3v) is 6.86. The van der Waals surface area contributed by atoms with Crippen molar-refractivity contribution in [3.63, 3.8) is 0 Å². The first-order chi connectivity index (χ1) is 16.9. The maximum absolute atomic E-state index is 14.5. The molecule has 0 aliphatic carbocycles. The second-order valence-corrected chi connectivity index (χ2v) is 9.06. The van der Waals surface area contributed by atoms with E-state index in [1.54, 1.807) is 29.2 Å². The van der Waals surface area contributed by atoms with Crippen molar-refractivity contribution in [1.82, 2.24) is 14.9 Å². The molecule has 0 radical (unpaired) electrons. The van der Waals surface area contributed by atoms with Crippen molar-refractivity contribution >= 4 is 45.8 Å². The molecule has 2 saturated heterocycles. The molecular formula is C24H24ClF2N5O3. The number of anilines is 3. The number of carbonyl (C=O) groups excluding carboxylic acids is 1. The predicted molar refractivity (Wildman–Crippen MR) is 129 cm³/mol. The first-order valence-electron chi connectivity index (χ1n) is 11.3. The van der Waals surface area contributed by atoms with Crippen LogP contribution >= 0.6 is 11.6 Å². The fourth-order valence-electron chi connectivity index (χ4n) is 4.65. The van der Waals surface area contributed by atoms with Crippen LogP contribution in [0.15, 0.2) is 36.7 Å². The third-order valence-electron chi connectivity index (χ3n) is 6.57. The van der Waals surface area contributed by atoms with Crippen LogP contribution in [0.5, 0.6) is 5.75 Å². The molecular weight excluding hydrogens is 480 g/mol. The summed E-state index contributed by atoms with van der Waals surface area (Å²) in [5, 5.41) is 3.52. The van der Waals surface area contributed by atoms with E-state index < -0.39 is 24.2 Å². The highest BCUT2D eigenvalue weighted by Gasteiger charge is 2.48. The number of hydrogen-bond acceptors (Lipinski definition) is 7. The summed E-state index contributed by atoms with van der Waals surface area (Å²) < 4.78 is 38.7. The lowest BCUT2D eigenvalue weighted by molar-refractivity contribution is -0.0000912. The maximum Gasteiger partial charge on any atom is 0.415 e. The zero-order chi connectivity index (χ0) is 24.6. The first kappa shape index (κ1) is 23.5. The van der Waals surface area contributed by atoms with Crippen LogP contribution in [0.1, 0.15) is 12.8 Å². The number of nitrogens with one attached hydrogen (secondary N) is 1. The van der Waals surface area contributed by atoms with Gasteiger partial charge in [-0.05, 0) is 18.2 Å². The molecule has 2 aliphatic heterocycles.